The average molecular weight is 316 g/mol. The molecule has 3 atom stereocenters. The molecule has 0 radical (unpaired) electrons. The van der Waals surface area contributed by atoms with Crippen LogP contribution in [0.25, 0.3) is 0 Å². The summed E-state index contributed by atoms with van der Waals surface area (Å²) >= 11 is 0. The van der Waals surface area contributed by atoms with Gasteiger partial charge in [-0.25, -0.2) is 0 Å². The van der Waals surface area contributed by atoms with Crippen LogP contribution in [0.4, 0.5) is 0 Å². The van der Waals surface area contributed by atoms with Crippen LogP contribution in [0.2, 0.25) is 0 Å². The highest BCUT2D eigenvalue weighted by atomic mass is 16.2. The molecule has 0 aliphatic heterocycles. The van der Waals surface area contributed by atoms with E-state index >= 15 is 0 Å². The number of hydrogen-bond donors (Lipinski definition) is 1. The molecule has 1 aliphatic carbocycles. The van der Waals surface area contributed by atoms with Crippen LogP contribution in [0.3, 0.4) is 0 Å². The summed E-state index contributed by atoms with van der Waals surface area (Å²) in [5, 5.41) is 0. The lowest BCUT2D eigenvalue weighted by atomic mass is 9.70. The molecule has 1 unspecified atom stereocenters. The Morgan fingerprint density at radius 1 is 1.17 bits per heavy atom. The number of amides is 1. The van der Waals surface area contributed by atoms with Gasteiger partial charge in [0.25, 0.3) is 5.91 Å². The number of hydrogen-bond acceptors (Lipinski definition) is 3. The van der Waals surface area contributed by atoms with Crippen molar-refractivity contribution >= 4 is 11.7 Å². The van der Waals surface area contributed by atoms with Gasteiger partial charge in [-0.3, -0.25) is 9.59 Å². The van der Waals surface area contributed by atoms with E-state index in [1.807, 2.05) is 0 Å². The molecule has 4 nitrogen and oxygen atoms in total. The molecule has 1 aliphatic rings. The molecular formula is C19H28N2O2. The van der Waals surface area contributed by atoms with E-state index in [4.69, 9.17) is 5.73 Å². The van der Waals surface area contributed by atoms with Crippen LogP contribution in [0, 0.1) is 11.8 Å². The van der Waals surface area contributed by atoms with Crippen molar-refractivity contribution in [1.29, 1.82) is 0 Å². The third-order valence-electron chi connectivity index (χ3n) is 4.95. The number of nitrogens with zero attached hydrogens (tertiary/aromatic N) is 1. The van der Waals surface area contributed by atoms with Gasteiger partial charge in [0, 0.05) is 12.5 Å². The molecule has 2 rings (SSSR count). The smallest absolute Gasteiger partial charge is 0.285 e. The van der Waals surface area contributed by atoms with E-state index in [9.17, 15) is 9.59 Å². The maximum atomic E-state index is 12.2. The SMILES string of the molecule is C[C@H]1CC[C@H](c2ccc(CCN(C)C)cc2)C(C(=O)C(N)=O)C1. The highest BCUT2D eigenvalue weighted by molar-refractivity contribution is 6.36. The number of primary amides is 1. The molecule has 1 fully saturated rings. The number of likely N-dealkylation sites (N-methyl/N-ethyl adjacent to an activating group) is 1. The van der Waals surface area contributed by atoms with Gasteiger partial charge in [0.1, 0.15) is 0 Å². The Morgan fingerprint density at radius 2 is 1.83 bits per heavy atom. The van der Waals surface area contributed by atoms with Crippen molar-refractivity contribution in [2.45, 2.75) is 38.5 Å². The Balaban J connectivity index is 2.14. The molecule has 23 heavy (non-hydrogen) atoms. The van der Waals surface area contributed by atoms with Crippen molar-refractivity contribution in [3.05, 3.63) is 35.4 Å². The minimum atomic E-state index is -0.795. The number of ketones is 1. The van der Waals surface area contributed by atoms with Gasteiger partial charge in [-0.1, -0.05) is 37.6 Å². The maximum Gasteiger partial charge on any atom is 0.285 e. The largest absolute Gasteiger partial charge is 0.363 e. The third-order valence-corrected chi connectivity index (χ3v) is 4.95. The number of carbonyl (C=O) groups excluding carboxylic acids is 2. The van der Waals surface area contributed by atoms with Gasteiger partial charge in [-0.05, 0) is 56.3 Å². The van der Waals surface area contributed by atoms with Crippen LogP contribution < -0.4 is 5.73 Å². The van der Waals surface area contributed by atoms with Crippen LogP contribution in [0.1, 0.15) is 43.2 Å². The van der Waals surface area contributed by atoms with Gasteiger partial charge >= 0.3 is 0 Å². The second kappa shape index (κ2) is 7.73. The van der Waals surface area contributed by atoms with Crippen LogP contribution in [-0.4, -0.2) is 37.2 Å². The molecule has 126 valence electrons. The first-order valence-electron chi connectivity index (χ1n) is 8.45. The van der Waals surface area contributed by atoms with Crippen molar-refractivity contribution in [3.8, 4) is 0 Å². The fourth-order valence-electron chi connectivity index (χ4n) is 3.54. The Morgan fingerprint density at radius 3 is 2.39 bits per heavy atom. The normalized spacial score (nSPS) is 24.6. The predicted molar refractivity (Wildman–Crippen MR) is 92.1 cm³/mol. The Hall–Kier alpha value is -1.68. The van der Waals surface area contributed by atoms with Crippen LogP contribution in [0.5, 0.6) is 0 Å². The van der Waals surface area contributed by atoms with Gasteiger partial charge in [0.2, 0.25) is 5.78 Å². The summed E-state index contributed by atoms with van der Waals surface area (Å²) in [6.07, 6.45) is 3.81. The van der Waals surface area contributed by atoms with Crippen LogP contribution in [-0.2, 0) is 16.0 Å². The van der Waals surface area contributed by atoms with Gasteiger partial charge < -0.3 is 10.6 Å². The van der Waals surface area contributed by atoms with E-state index in [0.717, 1.165) is 37.8 Å². The lowest BCUT2D eigenvalue weighted by Gasteiger charge is -2.33. The number of carbonyl (C=O) groups is 2. The molecule has 4 heteroatoms. The maximum absolute atomic E-state index is 12.2. The molecule has 2 N–H and O–H groups in total. The van der Waals surface area contributed by atoms with E-state index in [1.54, 1.807) is 0 Å². The molecule has 1 saturated carbocycles. The summed E-state index contributed by atoms with van der Waals surface area (Å²) in [5.41, 5.74) is 7.70. The van der Waals surface area contributed by atoms with Crippen molar-refractivity contribution in [3.63, 3.8) is 0 Å². The van der Waals surface area contributed by atoms with Crippen molar-refractivity contribution in [2.75, 3.05) is 20.6 Å². The second-order valence-electron chi connectivity index (χ2n) is 7.15. The second-order valence-corrected chi connectivity index (χ2v) is 7.15. The summed E-state index contributed by atoms with van der Waals surface area (Å²) < 4.78 is 0. The van der Waals surface area contributed by atoms with Crippen LogP contribution >= 0.6 is 0 Å². The van der Waals surface area contributed by atoms with E-state index in [0.29, 0.717) is 5.92 Å². The van der Waals surface area contributed by atoms with E-state index in [1.165, 1.54) is 5.56 Å². The van der Waals surface area contributed by atoms with E-state index < -0.39 is 11.7 Å². The standard InChI is InChI=1S/C19H28N2O2/c1-13-4-9-16(17(12-13)18(22)19(20)23)15-7-5-14(6-8-15)10-11-21(2)3/h5-8,13,16-17H,4,9-12H2,1-3H3,(H2,20,23)/t13-,16+,17?/m0/s1. The quantitative estimate of drug-likeness (QED) is 0.820. The Kier molecular flexibility index (Phi) is 5.94. The summed E-state index contributed by atoms with van der Waals surface area (Å²) in [6.45, 7) is 3.16. The van der Waals surface area contributed by atoms with E-state index in [2.05, 4.69) is 50.2 Å². The zero-order valence-electron chi connectivity index (χ0n) is 14.4. The molecular weight excluding hydrogens is 288 g/mol. The Labute approximate surface area is 139 Å². The number of rotatable bonds is 6. The minimum absolute atomic E-state index is 0.120. The molecule has 0 heterocycles. The van der Waals surface area contributed by atoms with Gasteiger partial charge in [0.05, 0.1) is 0 Å². The summed E-state index contributed by atoms with van der Waals surface area (Å²) in [5.74, 6) is -0.869. The topological polar surface area (TPSA) is 63.4 Å². The molecule has 0 aromatic heterocycles. The molecule has 0 spiro atoms. The van der Waals surface area contributed by atoms with Gasteiger partial charge in [-0.2, -0.15) is 0 Å². The zero-order valence-corrected chi connectivity index (χ0v) is 14.4. The van der Waals surface area contributed by atoms with Crippen molar-refractivity contribution in [2.24, 2.45) is 17.6 Å². The summed E-state index contributed by atoms with van der Waals surface area (Å²) in [7, 11) is 4.13. The van der Waals surface area contributed by atoms with E-state index in [-0.39, 0.29) is 11.8 Å². The van der Waals surface area contributed by atoms with Crippen LogP contribution in [0.15, 0.2) is 24.3 Å². The summed E-state index contributed by atoms with van der Waals surface area (Å²) in [6, 6.07) is 8.52. The van der Waals surface area contributed by atoms with Crippen molar-refractivity contribution < 1.29 is 9.59 Å². The molecule has 1 aromatic carbocycles. The third kappa shape index (κ3) is 4.64. The first-order chi connectivity index (χ1) is 10.9. The lowest BCUT2D eigenvalue weighted by molar-refractivity contribution is -0.139. The fourth-order valence-corrected chi connectivity index (χ4v) is 3.54. The molecule has 1 amide bonds. The molecule has 1 aromatic rings. The average Bonchev–Trinajstić information content (AvgIpc) is 2.52. The Bertz CT molecular complexity index is 551. The molecule has 0 saturated heterocycles. The zero-order chi connectivity index (χ0) is 17.0. The summed E-state index contributed by atoms with van der Waals surface area (Å²) in [4.78, 5) is 25.7. The monoisotopic (exact) mass is 316 g/mol. The van der Waals surface area contributed by atoms with Gasteiger partial charge in [0.15, 0.2) is 0 Å². The number of Topliss-reactive ketones (excluding diaryl/α,β-unsaturated/α-hetero) is 1. The van der Waals surface area contributed by atoms with Gasteiger partial charge in [-0.15, -0.1) is 0 Å². The first-order valence-corrected chi connectivity index (χ1v) is 8.45. The lowest BCUT2D eigenvalue weighted by Crippen LogP contribution is -2.36. The highest BCUT2D eigenvalue weighted by Crippen LogP contribution is 2.40. The first kappa shape index (κ1) is 17.7. The fraction of sp³-hybridized carbons (Fsp3) is 0.579. The highest BCUT2D eigenvalue weighted by Gasteiger charge is 2.36. The predicted octanol–water partition coefficient (Wildman–Crippen LogP) is 2.36. The minimum Gasteiger partial charge on any atom is -0.363 e. The number of nitrogens with two attached hydrogens (primary N) is 1. The molecule has 0 bridgehead atoms. The number of benzene rings is 1. The van der Waals surface area contributed by atoms with Crippen molar-refractivity contribution in [1.82, 2.24) is 4.90 Å².